The maximum absolute atomic E-state index is 12.8. The minimum absolute atomic E-state index is 0.0917. The van der Waals surface area contributed by atoms with Crippen LogP contribution in [0.2, 0.25) is 0 Å². The van der Waals surface area contributed by atoms with Crippen LogP contribution in [0, 0.1) is 12.7 Å². The van der Waals surface area contributed by atoms with E-state index < -0.39 is 5.97 Å². The van der Waals surface area contributed by atoms with Gasteiger partial charge in [0, 0.05) is 11.4 Å². The van der Waals surface area contributed by atoms with Gasteiger partial charge in [0.2, 0.25) is 0 Å². The average molecular weight is 233 g/mol. The first-order valence-corrected chi connectivity index (χ1v) is 5.22. The van der Waals surface area contributed by atoms with E-state index >= 15 is 0 Å². The lowest BCUT2D eigenvalue weighted by atomic mass is 10.1. The number of carbonyl (C=O) groups is 1. The molecule has 17 heavy (non-hydrogen) atoms. The second-order valence-electron chi connectivity index (χ2n) is 3.85. The van der Waals surface area contributed by atoms with Crippen LogP contribution in [0.15, 0.2) is 36.4 Å². The van der Waals surface area contributed by atoms with Gasteiger partial charge in [-0.25, -0.2) is 4.39 Å². The lowest BCUT2D eigenvalue weighted by molar-refractivity contribution is -0.137. The topological polar surface area (TPSA) is 42.2 Å². The molecule has 0 unspecified atom stereocenters. The summed E-state index contributed by atoms with van der Waals surface area (Å²) in [6.07, 6.45) is 0. The predicted octanol–water partition coefficient (Wildman–Crippen LogP) is 2.69. The fraction of sp³-hybridized carbons (Fsp3) is 0.154. The van der Waals surface area contributed by atoms with E-state index in [1.165, 1.54) is 12.1 Å². The minimum Gasteiger partial charge on any atom is -0.480 e. The van der Waals surface area contributed by atoms with Crippen molar-refractivity contribution in [1.82, 2.24) is 4.57 Å². The maximum Gasteiger partial charge on any atom is 0.323 e. The Balaban J connectivity index is 2.45. The Kier molecular flexibility index (Phi) is 2.95. The molecule has 0 spiro atoms. The summed E-state index contributed by atoms with van der Waals surface area (Å²) in [6.45, 7) is 1.75. The number of aliphatic carboxylic acids is 1. The summed E-state index contributed by atoms with van der Waals surface area (Å²) in [5, 5.41) is 8.84. The standard InChI is InChI=1S/C13H12FNO2/c1-9-2-7-12(15(9)8-13(16)17)10-3-5-11(14)6-4-10/h2-7H,8H2,1H3,(H,16,17). The molecule has 2 aromatic rings. The summed E-state index contributed by atoms with van der Waals surface area (Å²) in [4.78, 5) is 10.8. The van der Waals surface area contributed by atoms with Crippen molar-refractivity contribution >= 4 is 5.97 Å². The SMILES string of the molecule is Cc1ccc(-c2ccc(F)cc2)n1CC(=O)O. The molecule has 88 valence electrons. The molecule has 0 saturated carbocycles. The highest BCUT2D eigenvalue weighted by atomic mass is 19.1. The third-order valence-electron chi connectivity index (χ3n) is 2.63. The van der Waals surface area contributed by atoms with Gasteiger partial charge in [0.15, 0.2) is 0 Å². The summed E-state index contributed by atoms with van der Waals surface area (Å²) in [5.41, 5.74) is 2.46. The molecule has 1 heterocycles. The molecule has 0 radical (unpaired) electrons. The summed E-state index contributed by atoms with van der Waals surface area (Å²) in [7, 11) is 0. The van der Waals surface area contributed by atoms with Gasteiger partial charge in [0.05, 0.1) is 0 Å². The molecule has 1 aromatic heterocycles. The van der Waals surface area contributed by atoms with Crippen molar-refractivity contribution in [2.75, 3.05) is 0 Å². The molecule has 0 amide bonds. The fourth-order valence-corrected chi connectivity index (χ4v) is 1.79. The molecule has 0 fully saturated rings. The first-order valence-electron chi connectivity index (χ1n) is 5.22. The largest absolute Gasteiger partial charge is 0.480 e. The highest BCUT2D eigenvalue weighted by Crippen LogP contribution is 2.22. The number of carboxylic acids is 1. The van der Waals surface area contributed by atoms with Crippen molar-refractivity contribution < 1.29 is 14.3 Å². The molecule has 1 aromatic carbocycles. The third-order valence-corrected chi connectivity index (χ3v) is 2.63. The monoisotopic (exact) mass is 233 g/mol. The lowest BCUT2D eigenvalue weighted by Gasteiger charge is -2.09. The van der Waals surface area contributed by atoms with Crippen molar-refractivity contribution in [2.45, 2.75) is 13.5 Å². The van der Waals surface area contributed by atoms with Crippen LogP contribution in [0.3, 0.4) is 0 Å². The van der Waals surface area contributed by atoms with Crippen LogP contribution in [0.1, 0.15) is 5.69 Å². The number of nitrogens with zero attached hydrogens (tertiary/aromatic N) is 1. The van der Waals surface area contributed by atoms with E-state index in [2.05, 4.69) is 0 Å². The van der Waals surface area contributed by atoms with E-state index in [0.29, 0.717) is 0 Å². The zero-order chi connectivity index (χ0) is 12.4. The number of halogens is 1. The molecule has 0 aliphatic heterocycles. The van der Waals surface area contributed by atoms with Crippen LogP contribution >= 0.6 is 0 Å². The average Bonchev–Trinajstić information content (AvgIpc) is 2.61. The molecule has 0 bridgehead atoms. The van der Waals surface area contributed by atoms with E-state index in [4.69, 9.17) is 5.11 Å². The highest BCUT2D eigenvalue weighted by Gasteiger charge is 2.10. The van der Waals surface area contributed by atoms with Crippen LogP contribution in [0.25, 0.3) is 11.3 Å². The van der Waals surface area contributed by atoms with Crippen molar-refractivity contribution in [3.05, 3.63) is 47.9 Å². The van der Waals surface area contributed by atoms with Gasteiger partial charge >= 0.3 is 5.97 Å². The normalized spacial score (nSPS) is 10.5. The van der Waals surface area contributed by atoms with Crippen LogP contribution in [0.5, 0.6) is 0 Å². The quantitative estimate of drug-likeness (QED) is 0.885. The number of aromatic nitrogens is 1. The molecule has 0 aliphatic rings. The second-order valence-corrected chi connectivity index (χ2v) is 3.85. The number of hydrogen-bond acceptors (Lipinski definition) is 1. The first-order chi connectivity index (χ1) is 8.08. The smallest absolute Gasteiger partial charge is 0.323 e. The van der Waals surface area contributed by atoms with Gasteiger partial charge in [-0.3, -0.25) is 4.79 Å². The summed E-state index contributed by atoms with van der Waals surface area (Å²) in [5.74, 6) is -1.20. The number of rotatable bonds is 3. The van der Waals surface area contributed by atoms with Gasteiger partial charge < -0.3 is 9.67 Å². The number of benzene rings is 1. The zero-order valence-electron chi connectivity index (χ0n) is 9.35. The van der Waals surface area contributed by atoms with E-state index in [-0.39, 0.29) is 12.4 Å². The van der Waals surface area contributed by atoms with Crippen LogP contribution in [0.4, 0.5) is 4.39 Å². The maximum atomic E-state index is 12.8. The summed E-state index contributed by atoms with van der Waals surface area (Å²) < 4.78 is 14.5. The zero-order valence-corrected chi connectivity index (χ0v) is 9.35. The Bertz CT molecular complexity index is 543. The van der Waals surface area contributed by atoms with Crippen molar-refractivity contribution in [3.8, 4) is 11.3 Å². The van der Waals surface area contributed by atoms with Crippen LogP contribution < -0.4 is 0 Å². The van der Waals surface area contributed by atoms with Gasteiger partial charge in [-0.1, -0.05) is 0 Å². The molecule has 1 N–H and O–H groups in total. The van der Waals surface area contributed by atoms with E-state index in [9.17, 15) is 9.18 Å². The van der Waals surface area contributed by atoms with Gasteiger partial charge in [0.25, 0.3) is 0 Å². The third kappa shape index (κ3) is 2.36. The fourth-order valence-electron chi connectivity index (χ4n) is 1.79. The Morgan fingerprint density at radius 1 is 1.24 bits per heavy atom. The Hall–Kier alpha value is -2.10. The molecule has 0 atom stereocenters. The predicted molar refractivity (Wildman–Crippen MR) is 62.2 cm³/mol. The minimum atomic E-state index is -0.896. The molecule has 4 heteroatoms. The van der Waals surface area contributed by atoms with Gasteiger partial charge in [0.1, 0.15) is 12.4 Å². The van der Waals surface area contributed by atoms with Gasteiger partial charge in [-0.15, -0.1) is 0 Å². The molecule has 0 saturated heterocycles. The van der Waals surface area contributed by atoms with E-state index in [0.717, 1.165) is 17.0 Å². The number of hydrogen-bond donors (Lipinski definition) is 1. The molecular formula is C13H12FNO2. The Morgan fingerprint density at radius 2 is 1.88 bits per heavy atom. The first kappa shape index (κ1) is 11.4. The van der Waals surface area contributed by atoms with Gasteiger partial charge in [-0.05, 0) is 48.9 Å². The van der Waals surface area contributed by atoms with Crippen LogP contribution in [-0.2, 0) is 11.3 Å². The van der Waals surface area contributed by atoms with Gasteiger partial charge in [-0.2, -0.15) is 0 Å². The highest BCUT2D eigenvalue weighted by molar-refractivity contribution is 5.69. The lowest BCUT2D eigenvalue weighted by Crippen LogP contribution is -2.11. The molecule has 2 rings (SSSR count). The Labute approximate surface area is 98.1 Å². The van der Waals surface area contributed by atoms with E-state index in [1.54, 1.807) is 16.7 Å². The Morgan fingerprint density at radius 3 is 2.47 bits per heavy atom. The number of carboxylic acid groups (broad SMARTS) is 1. The van der Waals surface area contributed by atoms with E-state index in [1.807, 2.05) is 19.1 Å². The molecule has 3 nitrogen and oxygen atoms in total. The summed E-state index contributed by atoms with van der Waals surface area (Å²) >= 11 is 0. The second kappa shape index (κ2) is 4.41. The number of aryl methyl sites for hydroxylation is 1. The summed E-state index contributed by atoms with van der Waals surface area (Å²) in [6, 6.07) is 9.70. The van der Waals surface area contributed by atoms with Crippen molar-refractivity contribution in [2.24, 2.45) is 0 Å². The van der Waals surface area contributed by atoms with Crippen LogP contribution in [-0.4, -0.2) is 15.6 Å². The van der Waals surface area contributed by atoms with Crippen molar-refractivity contribution in [3.63, 3.8) is 0 Å². The molecule has 0 aliphatic carbocycles. The van der Waals surface area contributed by atoms with Crippen molar-refractivity contribution in [1.29, 1.82) is 0 Å². The molecular weight excluding hydrogens is 221 g/mol.